The molecule has 0 fully saturated rings. The van der Waals surface area contributed by atoms with Gasteiger partial charge in [0.15, 0.2) is 5.82 Å². The number of anilines is 1. The van der Waals surface area contributed by atoms with Crippen molar-refractivity contribution in [3.63, 3.8) is 0 Å². The normalized spacial score (nSPS) is 12.1. The van der Waals surface area contributed by atoms with Gasteiger partial charge < -0.3 is 11.2 Å². The van der Waals surface area contributed by atoms with Gasteiger partial charge in [0.1, 0.15) is 0 Å². The first-order valence-electron chi connectivity index (χ1n) is 7.33. The molecule has 2 heterocycles. The Labute approximate surface area is 148 Å². The zero-order chi connectivity index (χ0) is 17.1. The molecule has 0 saturated heterocycles. The van der Waals surface area contributed by atoms with E-state index in [2.05, 4.69) is 15.5 Å². The minimum absolute atomic E-state index is 0.107. The number of nitrogens with two attached hydrogens (primary N) is 1. The van der Waals surface area contributed by atoms with Crippen LogP contribution in [0.25, 0.3) is 10.7 Å². The first kappa shape index (κ1) is 16.5. The molecule has 0 radical (unpaired) electrons. The number of benzene rings is 1. The molecule has 0 aliphatic rings. The summed E-state index contributed by atoms with van der Waals surface area (Å²) >= 11 is 2.82. The van der Waals surface area contributed by atoms with E-state index in [0.717, 1.165) is 16.1 Å². The monoisotopic (exact) mass is 359 g/mol. The fourth-order valence-electron chi connectivity index (χ4n) is 2.02. The van der Waals surface area contributed by atoms with Crippen molar-refractivity contribution in [2.45, 2.75) is 24.3 Å². The Morgan fingerprint density at radius 1 is 1.29 bits per heavy atom. The molecule has 0 aliphatic carbocycles. The van der Waals surface area contributed by atoms with E-state index >= 15 is 0 Å². The van der Waals surface area contributed by atoms with Crippen molar-refractivity contribution < 1.29 is 4.79 Å². The quantitative estimate of drug-likeness (QED) is 0.540. The van der Waals surface area contributed by atoms with Crippen LogP contribution >= 0.6 is 23.1 Å². The zero-order valence-electron chi connectivity index (χ0n) is 13.3. The van der Waals surface area contributed by atoms with Crippen LogP contribution in [0.4, 0.5) is 5.69 Å². The van der Waals surface area contributed by atoms with Gasteiger partial charge in [-0.15, -0.1) is 21.5 Å². The third kappa shape index (κ3) is 3.60. The molecule has 0 bridgehead atoms. The first-order valence-corrected chi connectivity index (χ1v) is 9.09. The van der Waals surface area contributed by atoms with Crippen LogP contribution in [0.5, 0.6) is 0 Å². The Hall–Kier alpha value is -2.32. The molecule has 0 aliphatic heterocycles. The highest BCUT2D eigenvalue weighted by Gasteiger charge is 2.20. The maximum absolute atomic E-state index is 12.3. The maximum atomic E-state index is 12.3. The molecule has 1 aromatic carbocycles. The summed E-state index contributed by atoms with van der Waals surface area (Å²) in [6, 6.07) is 11.5. The largest absolute Gasteiger partial charge is 0.335 e. The molecule has 1 atom stereocenters. The Morgan fingerprint density at radius 3 is 2.71 bits per heavy atom. The van der Waals surface area contributed by atoms with Crippen LogP contribution in [0, 0.1) is 6.92 Å². The zero-order valence-corrected chi connectivity index (χ0v) is 14.9. The third-order valence-electron chi connectivity index (χ3n) is 3.38. The number of nitrogens with one attached hydrogen (secondary N) is 1. The number of nitrogen functional groups attached to an aromatic ring is 1. The standard InChI is InChI=1S/C16H17N5OS2/c1-10-5-7-12(8-6-10)18-15(22)11(2)24-16-20-19-14(21(16)17)13-4-3-9-23-13/h3-9,11H,17H2,1-2H3,(H,18,22)/t11-/m1/s1. The average molecular weight is 359 g/mol. The molecule has 6 nitrogen and oxygen atoms in total. The second kappa shape index (κ2) is 7.06. The van der Waals surface area contributed by atoms with E-state index in [-0.39, 0.29) is 11.2 Å². The second-order valence-electron chi connectivity index (χ2n) is 5.27. The summed E-state index contributed by atoms with van der Waals surface area (Å²) in [5.74, 6) is 6.55. The van der Waals surface area contributed by atoms with E-state index in [9.17, 15) is 4.79 Å². The van der Waals surface area contributed by atoms with Crippen molar-refractivity contribution in [2.24, 2.45) is 0 Å². The summed E-state index contributed by atoms with van der Waals surface area (Å²) in [6.07, 6.45) is 0. The number of aryl methyl sites for hydroxylation is 1. The number of rotatable bonds is 5. The molecular weight excluding hydrogens is 342 g/mol. The van der Waals surface area contributed by atoms with Crippen LogP contribution in [-0.4, -0.2) is 26.0 Å². The van der Waals surface area contributed by atoms with Gasteiger partial charge in [0, 0.05) is 5.69 Å². The van der Waals surface area contributed by atoms with Gasteiger partial charge in [-0.1, -0.05) is 35.5 Å². The predicted octanol–water partition coefficient (Wildman–Crippen LogP) is 3.15. The van der Waals surface area contributed by atoms with Gasteiger partial charge in [0.2, 0.25) is 11.1 Å². The lowest BCUT2D eigenvalue weighted by Gasteiger charge is -2.11. The third-order valence-corrected chi connectivity index (χ3v) is 5.30. The average Bonchev–Trinajstić information content (AvgIpc) is 3.20. The molecule has 0 spiro atoms. The van der Waals surface area contributed by atoms with Gasteiger partial charge in [0.05, 0.1) is 10.1 Å². The van der Waals surface area contributed by atoms with Gasteiger partial charge in [-0.25, -0.2) is 4.68 Å². The molecular formula is C16H17N5OS2. The minimum Gasteiger partial charge on any atom is -0.335 e. The molecule has 0 saturated carbocycles. The summed E-state index contributed by atoms with van der Waals surface area (Å²) in [5, 5.41) is 13.2. The topological polar surface area (TPSA) is 85.8 Å². The minimum atomic E-state index is -0.353. The number of thiophene rings is 1. The fourth-order valence-corrected chi connectivity index (χ4v) is 3.50. The van der Waals surface area contributed by atoms with Crippen LogP contribution in [0.15, 0.2) is 46.9 Å². The Bertz CT molecular complexity index is 827. The van der Waals surface area contributed by atoms with Crippen molar-refractivity contribution in [2.75, 3.05) is 11.2 Å². The van der Waals surface area contributed by atoms with E-state index < -0.39 is 0 Å². The number of amides is 1. The molecule has 3 N–H and O–H groups in total. The van der Waals surface area contributed by atoms with Crippen LogP contribution in [-0.2, 0) is 4.79 Å². The number of nitrogens with zero attached hydrogens (tertiary/aromatic N) is 3. The Balaban J connectivity index is 1.67. The van der Waals surface area contributed by atoms with Crippen LogP contribution in [0.3, 0.4) is 0 Å². The van der Waals surface area contributed by atoms with Crippen molar-refractivity contribution in [3.05, 3.63) is 47.3 Å². The maximum Gasteiger partial charge on any atom is 0.237 e. The van der Waals surface area contributed by atoms with Gasteiger partial charge in [-0.3, -0.25) is 4.79 Å². The van der Waals surface area contributed by atoms with Crippen molar-refractivity contribution in [1.29, 1.82) is 0 Å². The van der Waals surface area contributed by atoms with Crippen LogP contribution in [0.2, 0.25) is 0 Å². The number of carbonyl (C=O) groups excluding carboxylic acids is 1. The number of thioether (sulfide) groups is 1. The highest BCUT2D eigenvalue weighted by atomic mass is 32.2. The lowest BCUT2D eigenvalue weighted by molar-refractivity contribution is -0.115. The van der Waals surface area contributed by atoms with Crippen molar-refractivity contribution >= 4 is 34.7 Å². The summed E-state index contributed by atoms with van der Waals surface area (Å²) in [5.41, 5.74) is 1.92. The summed E-state index contributed by atoms with van der Waals surface area (Å²) in [6.45, 7) is 3.82. The highest BCUT2D eigenvalue weighted by Crippen LogP contribution is 2.27. The van der Waals surface area contributed by atoms with Gasteiger partial charge in [0.25, 0.3) is 0 Å². The molecule has 8 heteroatoms. The molecule has 3 aromatic rings. The van der Waals surface area contributed by atoms with Crippen molar-refractivity contribution in [1.82, 2.24) is 14.9 Å². The number of aromatic nitrogens is 3. The smallest absolute Gasteiger partial charge is 0.237 e. The fraction of sp³-hybridized carbons (Fsp3) is 0.188. The molecule has 2 aromatic heterocycles. The van der Waals surface area contributed by atoms with E-state index in [1.54, 1.807) is 0 Å². The number of hydrogen-bond acceptors (Lipinski definition) is 6. The van der Waals surface area contributed by atoms with E-state index in [4.69, 9.17) is 5.84 Å². The Kier molecular flexibility index (Phi) is 4.86. The Morgan fingerprint density at radius 2 is 2.04 bits per heavy atom. The first-order chi connectivity index (χ1) is 11.5. The lowest BCUT2D eigenvalue weighted by atomic mass is 10.2. The van der Waals surface area contributed by atoms with E-state index in [0.29, 0.717) is 11.0 Å². The predicted molar refractivity (Wildman–Crippen MR) is 98.6 cm³/mol. The van der Waals surface area contributed by atoms with Crippen molar-refractivity contribution in [3.8, 4) is 10.7 Å². The molecule has 24 heavy (non-hydrogen) atoms. The molecule has 1 amide bonds. The van der Waals surface area contributed by atoms with Gasteiger partial charge >= 0.3 is 0 Å². The molecule has 3 rings (SSSR count). The SMILES string of the molecule is Cc1ccc(NC(=O)[C@@H](C)Sc2nnc(-c3cccs3)n2N)cc1. The van der Waals surface area contributed by atoms with E-state index in [1.165, 1.54) is 27.8 Å². The van der Waals surface area contributed by atoms with Gasteiger partial charge in [-0.2, -0.15) is 0 Å². The van der Waals surface area contributed by atoms with Crippen LogP contribution < -0.4 is 11.2 Å². The lowest BCUT2D eigenvalue weighted by Crippen LogP contribution is -2.23. The number of hydrogen-bond donors (Lipinski definition) is 2. The molecule has 124 valence electrons. The van der Waals surface area contributed by atoms with Gasteiger partial charge in [-0.05, 0) is 37.4 Å². The summed E-state index contributed by atoms with van der Waals surface area (Å²) < 4.78 is 1.42. The molecule has 0 unspecified atom stereocenters. The summed E-state index contributed by atoms with van der Waals surface area (Å²) in [4.78, 5) is 13.3. The van der Waals surface area contributed by atoms with E-state index in [1.807, 2.05) is 55.6 Å². The number of carbonyl (C=O) groups is 1. The second-order valence-corrected chi connectivity index (χ2v) is 7.52. The summed E-state index contributed by atoms with van der Waals surface area (Å²) in [7, 11) is 0. The van der Waals surface area contributed by atoms with Crippen LogP contribution in [0.1, 0.15) is 12.5 Å². The highest BCUT2D eigenvalue weighted by molar-refractivity contribution is 8.00.